The molecular weight excluding hydrogens is 510 g/mol. The van der Waals surface area contributed by atoms with Crippen molar-refractivity contribution in [2.45, 2.75) is 82.3 Å². The van der Waals surface area contributed by atoms with Crippen molar-refractivity contribution in [3.8, 4) is 0 Å². The highest BCUT2D eigenvalue weighted by atomic mass is 17.2. The molecule has 1 saturated carbocycles. The Kier molecular flexibility index (Phi) is 9.62. The lowest BCUT2D eigenvalue weighted by Gasteiger charge is -2.44. The fraction of sp³-hybridized carbons (Fsp3) is 0.875. The second-order valence-corrected chi connectivity index (χ2v) is 12.1. The minimum Gasteiger partial charge on any atom is -0.480 e. The SMILES string of the molecule is CC(C)[C@H](N)C(=O)N1CCC2(C(=O)O)NCC1C2CCCB(O)OOB(O)CC1C[C@H]2CNC(C(=O)O)[C@H]2C1. The summed E-state index contributed by atoms with van der Waals surface area (Å²) in [5.41, 5.74) is 4.98. The van der Waals surface area contributed by atoms with Gasteiger partial charge in [0, 0.05) is 25.0 Å². The monoisotopic (exact) mass is 552 g/mol. The predicted octanol–water partition coefficient (Wildman–Crippen LogP) is -0.998. The average Bonchev–Trinajstić information content (AvgIpc) is 3.51. The van der Waals surface area contributed by atoms with E-state index in [2.05, 4.69) is 10.6 Å². The van der Waals surface area contributed by atoms with E-state index in [9.17, 15) is 34.6 Å². The van der Waals surface area contributed by atoms with Crippen LogP contribution in [0.3, 0.4) is 0 Å². The maximum absolute atomic E-state index is 13.0. The van der Waals surface area contributed by atoms with Gasteiger partial charge in [-0.25, -0.2) is 0 Å². The van der Waals surface area contributed by atoms with E-state index in [1.807, 2.05) is 13.8 Å². The molecule has 0 radical (unpaired) electrons. The van der Waals surface area contributed by atoms with Gasteiger partial charge in [0.1, 0.15) is 11.6 Å². The summed E-state index contributed by atoms with van der Waals surface area (Å²) in [6.45, 7) is 5.11. The van der Waals surface area contributed by atoms with Gasteiger partial charge in [-0.05, 0) is 68.5 Å². The molecule has 4 fully saturated rings. The molecular formula is C24H42B2N4O9. The van der Waals surface area contributed by atoms with E-state index in [4.69, 9.17) is 15.3 Å². The summed E-state index contributed by atoms with van der Waals surface area (Å²) in [7, 11) is -2.57. The molecule has 0 aromatic heterocycles. The average molecular weight is 552 g/mol. The summed E-state index contributed by atoms with van der Waals surface area (Å²) in [6, 6.07) is -1.50. The number of fused-ring (bicyclic) bond motifs is 3. The maximum atomic E-state index is 13.0. The van der Waals surface area contributed by atoms with Crippen LogP contribution in [0.4, 0.5) is 0 Å². The van der Waals surface area contributed by atoms with E-state index in [-0.39, 0.29) is 60.6 Å². The number of hydrogen-bond donors (Lipinski definition) is 7. The Hall–Kier alpha value is -1.74. The first-order valence-electron chi connectivity index (χ1n) is 14.1. The Morgan fingerprint density at radius 1 is 1.13 bits per heavy atom. The first-order valence-corrected chi connectivity index (χ1v) is 14.1. The second kappa shape index (κ2) is 12.4. The third-order valence-corrected chi connectivity index (χ3v) is 9.46. The zero-order chi connectivity index (χ0) is 28.5. The minimum atomic E-state index is -1.31. The minimum absolute atomic E-state index is 0.0360. The van der Waals surface area contributed by atoms with Gasteiger partial charge in [0.15, 0.2) is 0 Å². The molecule has 3 aliphatic heterocycles. The van der Waals surface area contributed by atoms with Crippen molar-refractivity contribution in [1.82, 2.24) is 15.5 Å². The van der Waals surface area contributed by atoms with Gasteiger partial charge in [-0.3, -0.25) is 29.3 Å². The van der Waals surface area contributed by atoms with Gasteiger partial charge in [0.05, 0.1) is 6.04 Å². The molecule has 5 unspecified atom stereocenters. The summed E-state index contributed by atoms with van der Waals surface area (Å²) in [5, 5.41) is 46.1. The summed E-state index contributed by atoms with van der Waals surface area (Å²) < 4.78 is 0. The first-order chi connectivity index (χ1) is 18.4. The van der Waals surface area contributed by atoms with Gasteiger partial charge >= 0.3 is 26.2 Å². The topological polar surface area (TPSA) is 204 Å². The summed E-state index contributed by atoms with van der Waals surface area (Å²) >= 11 is 0. The number of rotatable bonds is 13. The van der Waals surface area contributed by atoms with Crippen molar-refractivity contribution in [1.29, 1.82) is 0 Å². The number of carbonyl (C=O) groups excluding carboxylic acids is 1. The molecule has 15 heteroatoms. The quantitative estimate of drug-likeness (QED) is 0.0836. The van der Waals surface area contributed by atoms with Crippen LogP contribution in [0.5, 0.6) is 0 Å². The molecule has 1 aliphatic carbocycles. The number of amides is 1. The molecule has 0 spiro atoms. The van der Waals surface area contributed by atoms with E-state index in [1.54, 1.807) is 4.90 Å². The third-order valence-electron chi connectivity index (χ3n) is 9.46. The van der Waals surface area contributed by atoms with E-state index in [1.165, 1.54) is 0 Å². The highest BCUT2D eigenvalue weighted by Crippen LogP contribution is 2.44. The Balaban J connectivity index is 1.22. The largest absolute Gasteiger partial charge is 0.485 e. The third kappa shape index (κ3) is 6.29. The zero-order valence-corrected chi connectivity index (χ0v) is 22.7. The fourth-order valence-electron chi connectivity index (χ4n) is 7.31. The molecule has 8 atom stereocenters. The molecule has 218 valence electrons. The normalized spacial score (nSPS) is 34.3. The van der Waals surface area contributed by atoms with Gasteiger partial charge in [0.25, 0.3) is 0 Å². The Morgan fingerprint density at radius 2 is 1.85 bits per heavy atom. The molecule has 1 amide bonds. The molecule has 3 saturated heterocycles. The molecule has 3 heterocycles. The van der Waals surface area contributed by atoms with Gasteiger partial charge in [-0.2, -0.15) is 0 Å². The van der Waals surface area contributed by atoms with Crippen molar-refractivity contribution >= 4 is 32.1 Å². The Labute approximate surface area is 229 Å². The molecule has 0 aromatic rings. The fourth-order valence-corrected chi connectivity index (χ4v) is 7.31. The molecule has 4 rings (SSSR count). The number of carbonyl (C=O) groups is 3. The van der Waals surface area contributed by atoms with E-state index >= 15 is 0 Å². The number of carboxylic acid groups (broad SMARTS) is 2. The Morgan fingerprint density at radius 3 is 2.51 bits per heavy atom. The standard InChI is InChI=1S/C24H42B2N4O9/c1-13(2)19(27)21(31)30-7-5-24(23(34)35)17(18(30)12-29-24)4-3-6-25(36)38-39-26(37)10-14-8-15-11-28-20(22(32)33)16(15)9-14/h13-20,28-29,36-37H,3-12,27H2,1-2H3,(H,32,33)(H,34,35)/t14?,15-,16-,17?,18?,19-,20?,24?/m0/s1. The highest BCUT2D eigenvalue weighted by Gasteiger charge is 2.59. The molecule has 13 nitrogen and oxygen atoms in total. The van der Waals surface area contributed by atoms with Crippen LogP contribution < -0.4 is 16.4 Å². The van der Waals surface area contributed by atoms with Crippen molar-refractivity contribution in [2.24, 2.45) is 35.3 Å². The summed E-state index contributed by atoms with van der Waals surface area (Å²) in [5.74, 6) is -1.94. The lowest BCUT2D eigenvalue weighted by molar-refractivity contribution is -0.152. The number of piperidine rings is 1. The van der Waals surface area contributed by atoms with Gasteiger partial charge < -0.3 is 36.2 Å². The van der Waals surface area contributed by atoms with Crippen LogP contribution in [0.15, 0.2) is 0 Å². The summed E-state index contributed by atoms with van der Waals surface area (Å²) in [6.07, 6.45) is 3.06. The molecule has 2 bridgehead atoms. The van der Waals surface area contributed by atoms with Crippen molar-refractivity contribution in [3.05, 3.63) is 0 Å². The number of likely N-dealkylation sites (tertiary alicyclic amines) is 1. The first kappa shape index (κ1) is 30.2. The smallest absolute Gasteiger partial charge is 0.480 e. The number of nitrogens with zero attached hydrogens (tertiary/aromatic N) is 1. The lowest BCUT2D eigenvalue weighted by Crippen LogP contribution is -2.62. The van der Waals surface area contributed by atoms with Crippen LogP contribution in [-0.2, 0) is 24.0 Å². The highest BCUT2D eigenvalue weighted by molar-refractivity contribution is 6.45. The number of hydrogen-bond acceptors (Lipinski definition) is 10. The van der Waals surface area contributed by atoms with Crippen LogP contribution >= 0.6 is 0 Å². The molecule has 8 N–H and O–H groups in total. The summed E-state index contributed by atoms with van der Waals surface area (Å²) in [4.78, 5) is 48.4. The number of nitrogens with one attached hydrogen (secondary N) is 2. The van der Waals surface area contributed by atoms with Crippen molar-refractivity contribution < 1.29 is 44.3 Å². The van der Waals surface area contributed by atoms with E-state index < -0.39 is 43.8 Å². The zero-order valence-electron chi connectivity index (χ0n) is 22.7. The molecule has 0 aromatic carbocycles. The van der Waals surface area contributed by atoms with Crippen LogP contribution in [0.1, 0.15) is 46.0 Å². The maximum Gasteiger partial charge on any atom is 0.485 e. The van der Waals surface area contributed by atoms with Gasteiger partial charge in [0.2, 0.25) is 5.91 Å². The number of carboxylic acids is 2. The number of nitrogens with two attached hydrogens (primary N) is 1. The van der Waals surface area contributed by atoms with Crippen LogP contribution in [0.2, 0.25) is 12.6 Å². The van der Waals surface area contributed by atoms with Crippen molar-refractivity contribution in [2.75, 3.05) is 19.6 Å². The van der Waals surface area contributed by atoms with E-state index in [0.29, 0.717) is 38.9 Å². The van der Waals surface area contributed by atoms with Crippen LogP contribution in [-0.4, -0.2) is 101 Å². The molecule has 39 heavy (non-hydrogen) atoms. The van der Waals surface area contributed by atoms with Crippen molar-refractivity contribution in [3.63, 3.8) is 0 Å². The number of aliphatic carboxylic acids is 2. The second-order valence-electron chi connectivity index (χ2n) is 12.1. The molecule has 4 aliphatic rings. The Bertz CT molecular complexity index is 917. The predicted molar refractivity (Wildman–Crippen MR) is 141 cm³/mol. The van der Waals surface area contributed by atoms with E-state index in [0.717, 1.165) is 6.42 Å². The lowest BCUT2D eigenvalue weighted by atomic mass is 9.72. The van der Waals surface area contributed by atoms with Gasteiger partial charge in [-0.15, -0.1) is 0 Å². The van der Waals surface area contributed by atoms with Gasteiger partial charge in [-0.1, -0.05) is 20.3 Å². The van der Waals surface area contributed by atoms with Crippen LogP contribution in [0, 0.1) is 29.6 Å². The van der Waals surface area contributed by atoms with Crippen LogP contribution in [0.25, 0.3) is 0 Å².